The highest BCUT2D eigenvalue weighted by Gasteiger charge is 2.29. The van der Waals surface area contributed by atoms with Crippen LogP contribution in [0.1, 0.15) is 270 Å². The normalized spacial score (nSPS) is 12.4. The Morgan fingerprint density at radius 1 is 0.200 bits per heavy atom. The van der Waals surface area contributed by atoms with Gasteiger partial charge < -0.3 is 35.9 Å². The molecule has 0 fully saturated rings. The van der Waals surface area contributed by atoms with Crippen molar-refractivity contribution < 1.29 is 74.2 Å². The minimum atomic E-state index is 0.114. The minimum Gasteiger partial charge on any atom is -0.330 e. The van der Waals surface area contributed by atoms with Gasteiger partial charge in [-0.1, -0.05) is 216 Å². The van der Waals surface area contributed by atoms with Crippen molar-refractivity contribution in [3.05, 3.63) is 48.6 Å². The second kappa shape index (κ2) is 83.4. The van der Waals surface area contributed by atoms with Crippen molar-refractivity contribution in [1.29, 1.82) is 0 Å². The Bertz CT molecular complexity index is 2640. The van der Waals surface area contributed by atoms with Gasteiger partial charge in [0, 0.05) is 25.7 Å². The first-order chi connectivity index (χ1) is 56.2. The third-order valence-electron chi connectivity index (χ3n) is 22.3. The topological polar surface area (TPSA) is 137 Å². The first-order valence-electron chi connectivity index (χ1n) is 46.9. The van der Waals surface area contributed by atoms with Crippen LogP contribution in [-0.2, 0) is 38.4 Å². The highest BCUT2D eigenvalue weighted by molar-refractivity contribution is 8.15. The summed E-state index contributed by atoms with van der Waals surface area (Å²) in [7, 11) is 12.8. The van der Waals surface area contributed by atoms with Crippen LogP contribution in [0.2, 0.25) is 0 Å². The SMILES string of the molecule is C=C(C)C(=O)SCC[N+](C)(C)C.C=C(C)C(=O)SCC[N+](CC)(CC)CC.C=C(C)C(=O)SCC[N+](CC)(CCC)CCC.C=C(C)C(=O)SCC[N+](CC)(CCC)CCCC.CCC(=O)SCC[N+](C)(C)C.CCC(=O)SCC[N+](CC)(CC)CC.CCCC[N+](CC)(CCC)CCSC(=O)CC.CCC[N+](CC)(CCC)CCSC(=O)CC. The average molecular weight is 1850 g/mol. The van der Waals surface area contributed by atoms with E-state index < -0.39 is 0 Å². The van der Waals surface area contributed by atoms with E-state index in [1.54, 1.807) is 27.7 Å². The summed E-state index contributed by atoms with van der Waals surface area (Å²) in [4.78, 5) is 90.0. The standard InChI is InChI=1S/C15H30NOS.C14H28NOS.C14H30NOS.C13H28NOS.C12H24NOS.C11H24NOS.C9H18NOS.C8H18NOS/c1-6-9-11-16(8-3,10-7-2)12-13-18-15(17)14(4)5;1-6-9-15(8-3,10-7-2)11-12-17-14(16)13(4)5;1-5-9-11-15(8-4,10-6-2)12-13-17-14(16)7-3;1-5-9-14(8-4,10-6-2)11-12-16-13(15)7-3;1-6-13(7-2,8-3)9-10-15-12(14)11(4)5;1-5-11(13)14-10-9-12(6-2,7-3)8-4;1-8(2)9(11)12-7-6-10(3,4)5;1-5-8(10)11-7-6-9(2,3)4/h4,6-13H2,1-3,5H3;4,6-12H2,1-3,5H3;5-13H2,1-4H3;5-12H2,1-4H3;4,6-10H2,1-3,5H3;5-10H2,1-4H3;1,6-7H2,2-5H3;5-7H2,1-4H3/q8*+1. The monoisotopic (exact) mass is 1850 g/mol. The van der Waals surface area contributed by atoms with Crippen LogP contribution < -0.4 is 0 Å². The van der Waals surface area contributed by atoms with Gasteiger partial charge in [-0.3, -0.25) is 38.4 Å². The van der Waals surface area contributed by atoms with Gasteiger partial charge in [-0.25, -0.2) is 0 Å². The highest BCUT2D eigenvalue weighted by Crippen LogP contribution is 2.22. The molecule has 0 spiro atoms. The lowest BCUT2D eigenvalue weighted by molar-refractivity contribution is -0.924. The van der Waals surface area contributed by atoms with E-state index in [0.717, 1.165) is 140 Å². The number of carbonyl (C=O) groups is 8. The molecule has 0 bridgehead atoms. The lowest BCUT2D eigenvalue weighted by Gasteiger charge is -2.37. The molecule has 0 aromatic heterocycles. The maximum Gasteiger partial charge on any atom is 0.214 e. The molecule has 2 unspecified atom stereocenters. The van der Waals surface area contributed by atoms with E-state index in [9.17, 15) is 38.4 Å². The van der Waals surface area contributed by atoms with Crippen LogP contribution in [0.15, 0.2) is 48.6 Å². The Morgan fingerprint density at radius 3 is 0.492 bits per heavy atom. The molecule has 0 saturated heterocycles. The highest BCUT2D eigenvalue weighted by atomic mass is 32.2. The molecule has 2 atom stereocenters. The molecule has 0 heterocycles. The molecule has 0 aromatic carbocycles. The van der Waals surface area contributed by atoms with Crippen molar-refractivity contribution in [3.63, 3.8) is 0 Å². The van der Waals surface area contributed by atoms with Crippen LogP contribution in [-0.4, -0.2) is 335 Å². The third-order valence-corrected chi connectivity index (χ3v) is 30.3. The zero-order valence-electron chi connectivity index (χ0n) is 84.9. The van der Waals surface area contributed by atoms with Crippen molar-refractivity contribution in [2.24, 2.45) is 0 Å². The van der Waals surface area contributed by atoms with Crippen molar-refractivity contribution in [1.82, 2.24) is 0 Å². The molecule has 0 radical (unpaired) electrons. The number of hydrogen-bond acceptors (Lipinski definition) is 16. The van der Waals surface area contributed by atoms with E-state index in [4.69, 9.17) is 0 Å². The molecule has 120 heavy (non-hydrogen) atoms. The van der Waals surface area contributed by atoms with Gasteiger partial charge in [0.1, 0.15) is 0 Å². The minimum absolute atomic E-state index is 0.114. The van der Waals surface area contributed by atoms with Gasteiger partial charge in [-0.05, 0) is 171 Å². The van der Waals surface area contributed by atoms with Gasteiger partial charge in [0.2, 0.25) is 20.5 Å². The number of thioether (sulfide) groups is 8. The number of carbonyl (C=O) groups excluding carboxylic acids is 8. The fourth-order valence-electron chi connectivity index (χ4n) is 13.2. The number of hydrogen-bond donors (Lipinski definition) is 0. The molecule has 0 rings (SSSR count). The molecular weight excluding hydrogens is 1650 g/mol. The second-order valence-corrected chi connectivity index (χ2v) is 42.9. The number of unbranched alkanes of at least 4 members (excludes halogenated alkanes) is 2. The molecule has 0 aliphatic carbocycles. The number of rotatable bonds is 60. The Morgan fingerprint density at radius 2 is 0.350 bits per heavy atom. The van der Waals surface area contributed by atoms with Gasteiger partial charge >= 0.3 is 0 Å². The van der Waals surface area contributed by atoms with Gasteiger partial charge in [-0.15, -0.1) is 0 Å². The predicted octanol–water partition coefficient (Wildman–Crippen LogP) is 22.5. The summed E-state index contributed by atoms with van der Waals surface area (Å²) in [6.07, 6.45) is 15.1. The second-order valence-electron chi connectivity index (χ2n) is 34.0. The van der Waals surface area contributed by atoms with Gasteiger partial charge in [-0.2, -0.15) is 0 Å². The van der Waals surface area contributed by atoms with Crippen LogP contribution in [0.3, 0.4) is 0 Å². The van der Waals surface area contributed by atoms with Crippen LogP contribution >= 0.6 is 94.1 Å². The Hall–Kier alpha value is -1.20. The molecule has 24 heteroatoms. The smallest absolute Gasteiger partial charge is 0.214 e. The summed E-state index contributed by atoms with van der Waals surface area (Å²) in [5.41, 5.74) is 2.62. The fraction of sp³-hybridized carbons (Fsp3) is 0.833. The van der Waals surface area contributed by atoms with E-state index in [0.29, 0.717) is 68.4 Å². The summed E-state index contributed by atoms with van der Waals surface area (Å²) in [5, 5.41) is 1.85. The van der Waals surface area contributed by atoms with Crippen LogP contribution in [0.25, 0.3) is 0 Å². The Kier molecular flexibility index (Phi) is 93.3. The van der Waals surface area contributed by atoms with Crippen molar-refractivity contribution in [2.75, 3.05) is 258 Å². The molecule has 16 nitrogen and oxygen atoms in total. The zero-order chi connectivity index (χ0) is 94.5. The van der Waals surface area contributed by atoms with Crippen molar-refractivity contribution in [3.8, 4) is 0 Å². The first-order valence-corrected chi connectivity index (χ1v) is 54.8. The van der Waals surface area contributed by atoms with E-state index in [-0.39, 0.29) is 20.5 Å². The van der Waals surface area contributed by atoms with Crippen molar-refractivity contribution >= 4 is 135 Å². The summed E-state index contributed by atoms with van der Waals surface area (Å²) < 4.78 is 8.80. The molecule has 0 aliphatic rings. The largest absolute Gasteiger partial charge is 0.330 e. The molecule has 712 valence electrons. The molecule has 0 aromatic rings. The van der Waals surface area contributed by atoms with E-state index in [1.165, 1.54) is 270 Å². The van der Waals surface area contributed by atoms with E-state index >= 15 is 0 Å². The quantitative estimate of drug-likeness (QED) is 0.0421. The maximum absolute atomic E-state index is 11.5. The summed E-state index contributed by atoms with van der Waals surface area (Å²) in [5.74, 6) is 7.50. The number of quaternary nitrogens is 8. The molecule has 0 saturated carbocycles. The number of nitrogens with zero attached hydrogens (tertiary/aromatic N) is 8. The maximum atomic E-state index is 11.5. The zero-order valence-corrected chi connectivity index (χ0v) is 91.4. The molecule has 0 amide bonds. The third kappa shape index (κ3) is 76.8. The van der Waals surface area contributed by atoms with Crippen LogP contribution in [0.5, 0.6) is 0 Å². The Balaban J connectivity index is -0.000000200. The molecule has 0 aliphatic heterocycles. The van der Waals surface area contributed by atoms with Crippen LogP contribution in [0.4, 0.5) is 0 Å². The first kappa shape index (κ1) is 134. The molecular formula is C96H200N8O8S8+8. The Labute approximate surface area is 780 Å². The van der Waals surface area contributed by atoms with E-state index in [2.05, 4.69) is 193 Å². The van der Waals surface area contributed by atoms with Gasteiger partial charge in [0.05, 0.1) is 258 Å². The lowest BCUT2D eigenvalue weighted by Crippen LogP contribution is -2.50. The van der Waals surface area contributed by atoms with E-state index in [1.807, 2.05) is 27.7 Å². The average Bonchev–Trinajstić information content (AvgIpc) is 0.881. The fourth-order valence-corrected chi connectivity index (χ4v) is 20.8. The van der Waals surface area contributed by atoms with Gasteiger partial charge in [0.25, 0.3) is 0 Å². The predicted molar refractivity (Wildman–Crippen MR) is 553 cm³/mol. The van der Waals surface area contributed by atoms with Crippen molar-refractivity contribution in [2.45, 2.75) is 270 Å². The van der Waals surface area contributed by atoms with Gasteiger partial charge in [0.15, 0.2) is 20.5 Å². The van der Waals surface area contributed by atoms with Crippen LogP contribution in [0, 0.1) is 0 Å². The summed E-state index contributed by atoms with van der Waals surface area (Å²) >= 11 is 11.6. The summed E-state index contributed by atoms with van der Waals surface area (Å²) in [6.45, 7) is 100. The lowest BCUT2D eigenvalue weighted by atomic mass is 10.2. The summed E-state index contributed by atoms with van der Waals surface area (Å²) in [6, 6.07) is 0. The molecule has 0 N–H and O–H groups in total.